The monoisotopic (exact) mass is 250 g/mol. The van der Waals surface area contributed by atoms with Crippen LogP contribution in [0, 0.1) is 11.8 Å². The van der Waals surface area contributed by atoms with E-state index >= 15 is 0 Å². The van der Waals surface area contributed by atoms with Crippen LogP contribution in [-0.2, 0) is 0 Å². The van der Waals surface area contributed by atoms with Gasteiger partial charge >= 0.3 is 0 Å². The normalized spacial score (nSPS) is 9.53. The van der Waals surface area contributed by atoms with Crippen molar-refractivity contribution in [3.63, 3.8) is 0 Å². The van der Waals surface area contributed by atoms with Crippen molar-refractivity contribution in [2.45, 2.75) is 19.8 Å². The van der Waals surface area contributed by atoms with E-state index < -0.39 is 0 Å². The Bertz CT molecular complexity index is 544. The number of ether oxygens (including phenoxy) is 1. The molecule has 0 amide bonds. The highest BCUT2D eigenvalue weighted by molar-refractivity contribution is 5.44. The Morgan fingerprint density at radius 3 is 2.11 bits per heavy atom. The summed E-state index contributed by atoms with van der Waals surface area (Å²) in [6.07, 6.45) is 2.25. The summed E-state index contributed by atoms with van der Waals surface area (Å²) in [7, 11) is 0. The molecule has 2 aromatic rings. The number of hydrogen-bond donors (Lipinski definition) is 0. The van der Waals surface area contributed by atoms with Crippen molar-refractivity contribution in [3.8, 4) is 17.6 Å². The fourth-order valence-corrected chi connectivity index (χ4v) is 1.63. The SMILES string of the molecule is CCCCOc1ccc(C#Cc2ccccc2)cc1. The minimum Gasteiger partial charge on any atom is -0.494 e. The van der Waals surface area contributed by atoms with Gasteiger partial charge in [0.15, 0.2) is 0 Å². The van der Waals surface area contributed by atoms with E-state index in [-0.39, 0.29) is 0 Å². The Labute approximate surface area is 115 Å². The smallest absolute Gasteiger partial charge is 0.119 e. The lowest BCUT2D eigenvalue weighted by Gasteiger charge is -2.04. The zero-order valence-corrected chi connectivity index (χ0v) is 11.2. The number of rotatable bonds is 4. The van der Waals surface area contributed by atoms with Crippen LogP contribution in [-0.4, -0.2) is 6.61 Å². The molecule has 0 saturated carbocycles. The summed E-state index contributed by atoms with van der Waals surface area (Å²) in [5.74, 6) is 7.21. The molecule has 2 aromatic carbocycles. The van der Waals surface area contributed by atoms with Crippen LogP contribution in [0.1, 0.15) is 30.9 Å². The van der Waals surface area contributed by atoms with Gasteiger partial charge in [0.05, 0.1) is 6.61 Å². The van der Waals surface area contributed by atoms with Crippen molar-refractivity contribution in [2.75, 3.05) is 6.61 Å². The van der Waals surface area contributed by atoms with E-state index in [2.05, 4.69) is 18.8 Å². The second-order valence-electron chi connectivity index (χ2n) is 4.34. The van der Waals surface area contributed by atoms with Crippen LogP contribution in [0.4, 0.5) is 0 Å². The van der Waals surface area contributed by atoms with Crippen LogP contribution in [0.5, 0.6) is 5.75 Å². The van der Waals surface area contributed by atoms with Gasteiger partial charge in [-0.1, -0.05) is 43.4 Å². The second-order valence-corrected chi connectivity index (χ2v) is 4.34. The Morgan fingerprint density at radius 2 is 1.47 bits per heavy atom. The molecule has 2 rings (SSSR count). The Balaban J connectivity index is 1.97. The zero-order chi connectivity index (χ0) is 13.3. The molecule has 0 aromatic heterocycles. The molecule has 1 heteroatoms. The minimum atomic E-state index is 0.783. The van der Waals surface area contributed by atoms with E-state index in [1.165, 1.54) is 0 Å². The average Bonchev–Trinajstić information content (AvgIpc) is 2.48. The van der Waals surface area contributed by atoms with Crippen molar-refractivity contribution >= 4 is 0 Å². The molecule has 1 nitrogen and oxygen atoms in total. The standard InChI is InChI=1S/C18H18O/c1-2-3-15-19-18-13-11-17(12-14-18)10-9-16-7-5-4-6-8-16/h4-8,11-14H,2-3,15H2,1H3. The minimum absolute atomic E-state index is 0.783. The van der Waals surface area contributed by atoms with E-state index in [4.69, 9.17) is 4.74 Å². The molecule has 0 atom stereocenters. The van der Waals surface area contributed by atoms with Crippen molar-refractivity contribution < 1.29 is 4.74 Å². The molecule has 0 unspecified atom stereocenters. The van der Waals surface area contributed by atoms with Gasteiger partial charge in [-0.15, -0.1) is 0 Å². The molecule has 0 fully saturated rings. The molecule has 96 valence electrons. The third kappa shape index (κ3) is 4.52. The highest BCUT2D eigenvalue weighted by Crippen LogP contribution is 2.12. The first-order valence-corrected chi connectivity index (χ1v) is 6.68. The van der Waals surface area contributed by atoms with E-state index in [9.17, 15) is 0 Å². The van der Waals surface area contributed by atoms with Gasteiger partial charge in [0.2, 0.25) is 0 Å². The van der Waals surface area contributed by atoms with Gasteiger partial charge < -0.3 is 4.74 Å². The molecule has 0 saturated heterocycles. The number of benzene rings is 2. The molecule has 0 bridgehead atoms. The Morgan fingerprint density at radius 1 is 0.842 bits per heavy atom. The first kappa shape index (κ1) is 13.2. The highest BCUT2D eigenvalue weighted by atomic mass is 16.5. The molecule has 0 heterocycles. The summed E-state index contributed by atoms with van der Waals surface area (Å²) in [6.45, 7) is 2.94. The fourth-order valence-electron chi connectivity index (χ4n) is 1.63. The molecule has 0 aliphatic rings. The Kier molecular flexibility index (Phi) is 5.07. The molecule has 0 radical (unpaired) electrons. The predicted octanol–water partition coefficient (Wildman–Crippen LogP) is 4.27. The predicted molar refractivity (Wildman–Crippen MR) is 79.3 cm³/mol. The first-order chi connectivity index (χ1) is 9.38. The van der Waals surface area contributed by atoms with Crippen molar-refractivity contribution in [2.24, 2.45) is 0 Å². The largest absolute Gasteiger partial charge is 0.494 e. The lowest BCUT2D eigenvalue weighted by atomic mass is 10.2. The summed E-state index contributed by atoms with van der Waals surface area (Å²) >= 11 is 0. The van der Waals surface area contributed by atoms with Gasteiger partial charge in [0, 0.05) is 11.1 Å². The first-order valence-electron chi connectivity index (χ1n) is 6.68. The number of hydrogen-bond acceptors (Lipinski definition) is 1. The van der Waals surface area contributed by atoms with Crippen LogP contribution in [0.2, 0.25) is 0 Å². The van der Waals surface area contributed by atoms with Crippen LogP contribution < -0.4 is 4.74 Å². The third-order valence-corrected chi connectivity index (χ3v) is 2.75. The van der Waals surface area contributed by atoms with Crippen molar-refractivity contribution in [1.29, 1.82) is 0 Å². The van der Waals surface area contributed by atoms with Gasteiger partial charge in [0.25, 0.3) is 0 Å². The molecule has 0 aliphatic heterocycles. The summed E-state index contributed by atoms with van der Waals surface area (Å²) in [6, 6.07) is 17.9. The molecule has 0 aliphatic carbocycles. The van der Waals surface area contributed by atoms with Crippen LogP contribution in [0.3, 0.4) is 0 Å². The van der Waals surface area contributed by atoms with Crippen molar-refractivity contribution in [1.82, 2.24) is 0 Å². The lowest BCUT2D eigenvalue weighted by Crippen LogP contribution is -1.95. The molecular weight excluding hydrogens is 232 g/mol. The van der Waals surface area contributed by atoms with Crippen LogP contribution >= 0.6 is 0 Å². The van der Waals surface area contributed by atoms with Crippen LogP contribution in [0.25, 0.3) is 0 Å². The molecular formula is C18H18O. The third-order valence-electron chi connectivity index (χ3n) is 2.75. The molecule has 0 spiro atoms. The zero-order valence-electron chi connectivity index (χ0n) is 11.2. The maximum atomic E-state index is 5.62. The second kappa shape index (κ2) is 7.28. The summed E-state index contributed by atoms with van der Waals surface area (Å²) in [5, 5.41) is 0. The van der Waals surface area contributed by atoms with Gasteiger partial charge in [0.1, 0.15) is 5.75 Å². The Hall–Kier alpha value is -2.20. The maximum absolute atomic E-state index is 5.62. The highest BCUT2D eigenvalue weighted by Gasteiger charge is 1.93. The van der Waals surface area contributed by atoms with E-state index in [1.807, 2.05) is 54.6 Å². The van der Waals surface area contributed by atoms with Crippen LogP contribution in [0.15, 0.2) is 54.6 Å². The maximum Gasteiger partial charge on any atom is 0.119 e. The summed E-state index contributed by atoms with van der Waals surface area (Å²) < 4.78 is 5.62. The molecule has 19 heavy (non-hydrogen) atoms. The van der Waals surface area contributed by atoms with E-state index in [0.717, 1.165) is 36.3 Å². The van der Waals surface area contributed by atoms with E-state index in [1.54, 1.807) is 0 Å². The fraction of sp³-hybridized carbons (Fsp3) is 0.222. The quantitative estimate of drug-likeness (QED) is 0.582. The van der Waals surface area contributed by atoms with Gasteiger partial charge in [-0.2, -0.15) is 0 Å². The van der Waals surface area contributed by atoms with E-state index in [0.29, 0.717) is 0 Å². The van der Waals surface area contributed by atoms with Crippen molar-refractivity contribution in [3.05, 3.63) is 65.7 Å². The van der Waals surface area contributed by atoms with Gasteiger partial charge in [-0.05, 0) is 42.8 Å². The number of unbranched alkanes of at least 4 members (excludes halogenated alkanes) is 1. The lowest BCUT2D eigenvalue weighted by molar-refractivity contribution is 0.309. The average molecular weight is 250 g/mol. The summed E-state index contributed by atoms with van der Waals surface area (Å²) in [5.41, 5.74) is 2.04. The van der Waals surface area contributed by atoms with Gasteiger partial charge in [-0.25, -0.2) is 0 Å². The molecule has 0 N–H and O–H groups in total. The van der Waals surface area contributed by atoms with Gasteiger partial charge in [-0.3, -0.25) is 0 Å². The topological polar surface area (TPSA) is 9.23 Å². The summed E-state index contributed by atoms with van der Waals surface area (Å²) in [4.78, 5) is 0.